The van der Waals surface area contributed by atoms with Crippen LogP contribution in [0, 0.1) is 0 Å². The lowest BCUT2D eigenvalue weighted by Crippen LogP contribution is -2.31. The molecule has 1 rings (SSSR count). The topological polar surface area (TPSA) is 21.3 Å². The Morgan fingerprint density at radius 2 is 2.20 bits per heavy atom. The molecular formula is C10H18F3NO. The molecule has 0 aromatic carbocycles. The SMILES string of the molecule is CNC(CCC1CCCO1)CC(F)(F)F. The number of alkyl halides is 3. The minimum Gasteiger partial charge on any atom is -0.378 e. The van der Waals surface area contributed by atoms with Gasteiger partial charge in [0, 0.05) is 12.6 Å². The quantitative estimate of drug-likeness (QED) is 0.776. The van der Waals surface area contributed by atoms with Crippen molar-refractivity contribution >= 4 is 0 Å². The minimum atomic E-state index is -4.08. The van der Waals surface area contributed by atoms with E-state index in [9.17, 15) is 13.2 Å². The van der Waals surface area contributed by atoms with Crippen LogP contribution in [0.4, 0.5) is 13.2 Å². The smallest absolute Gasteiger partial charge is 0.378 e. The molecule has 5 heteroatoms. The summed E-state index contributed by atoms with van der Waals surface area (Å²) < 4.78 is 41.7. The van der Waals surface area contributed by atoms with Crippen molar-refractivity contribution in [2.75, 3.05) is 13.7 Å². The van der Waals surface area contributed by atoms with Crippen LogP contribution in [0.25, 0.3) is 0 Å². The lowest BCUT2D eigenvalue weighted by Gasteiger charge is -2.19. The maximum Gasteiger partial charge on any atom is 0.390 e. The van der Waals surface area contributed by atoms with Gasteiger partial charge in [0.15, 0.2) is 0 Å². The highest BCUT2D eigenvalue weighted by Gasteiger charge is 2.31. The molecule has 0 saturated carbocycles. The molecule has 0 aliphatic carbocycles. The molecule has 0 bridgehead atoms. The predicted molar refractivity (Wildman–Crippen MR) is 51.7 cm³/mol. The molecule has 90 valence electrons. The predicted octanol–water partition coefficient (Wildman–Crippen LogP) is 2.49. The molecule has 0 radical (unpaired) electrons. The molecule has 0 spiro atoms. The Balaban J connectivity index is 2.21. The van der Waals surface area contributed by atoms with Crippen LogP contribution in [0.2, 0.25) is 0 Å². The largest absolute Gasteiger partial charge is 0.390 e. The third-order valence-electron chi connectivity index (χ3n) is 2.75. The zero-order valence-corrected chi connectivity index (χ0v) is 8.94. The van der Waals surface area contributed by atoms with Crippen molar-refractivity contribution in [2.45, 2.75) is 50.4 Å². The monoisotopic (exact) mass is 225 g/mol. The third-order valence-corrected chi connectivity index (χ3v) is 2.75. The van der Waals surface area contributed by atoms with E-state index in [0.717, 1.165) is 25.9 Å². The lowest BCUT2D eigenvalue weighted by atomic mass is 10.0. The molecule has 0 aromatic rings. The zero-order valence-electron chi connectivity index (χ0n) is 8.94. The van der Waals surface area contributed by atoms with Crippen molar-refractivity contribution in [3.8, 4) is 0 Å². The highest BCUT2D eigenvalue weighted by molar-refractivity contribution is 4.73. The van der Waals surface area contributed by atoms with E-state index >= 15 is 0 Å². The second-order valence-corrected chi connectivity index (χ2v) is 4.02. The fourth-order valence-electron chi connectivity index (χ4n) is 1.89. The molecule has 1 N–H and O–H groups in total. The minimum absolute atomic E-state index is 0.175. The first-order valence-electron chi connectivity index (χ1n) is 5.37. The Morgan fingerprint density at radius 1 is 1.47 bits per heavy atom. The molecule has 1 aliphatic heterocycles. The Morgan fingerprint density at radius 3 is 2.67 bits per heavy atom. The van der Waals surface area contributed by atoms with Crippen molar-refractivity contribution in [2.24, 2.45) is 0 Å². The number of nitrogens with one attached hydrogen (secondary N) is 1. The van der Waals surface area contributed by atoms with E-state index in [2.05, 4.69) is 5.32 Å². The first-order valence-corrected chi connectivity index (χ1v) is 5.37. The number of rotatable bonds is 5. The summed E-state index contributed by atoms with van der Waals surface area (Å²) in [5.41, 5.74) is 0. The molecule has 0 aromatic heterocycles. The molecule has 0 amide bonds. The van der Waals surface area contributed by atoms with Gasteiger partial charge < -0.3 is 10.1 Å². The van der Waals surface area contributed by atoms with Gasteiger partial charge in [-0.2, -0.15) is 13.2 Å². The lowest BCUT2D eigenvalue weighted by molar-refractivity contribution is -0.140. The van der Waals surface area contributed by atoms with Gasteiger partial charge in [-0.1, -0.05) is 0 Å². The van der Waals surface area contributed by atoms with Crippen LogP contribution < -0.4 is 5.32 Å². The van der Waals surface area contributed by atoms with Crippen LogP contribution in [0.1, 0.15) is 32.1 Å². The van der Waals surface area contributed by atoms with Gasteiger partial charge in [0.1, 0.15) is 0 Å². The molecule has 2 atom stereocenters. The van der Waals surface area contributed by atoms with Crippen molar-refractivity contribution in [1.82, 2.24) is 5.32 Å². The van der Waals surface area contributed by atoms with Gasteiger partial charge in [-0.05, 0) is 32.7 Å². The van der Waals surface area contributed by atoms with Crippen LogP contribution in [-0.2, 0) is 4.74 Å². The van der Waals surface area contributed by atoms with Gasteiger partial charge in [-0.3, -0.25) is 0 Å². The fourth-order valence-corrected chi connectivity index (χ4v) is 1.89. The molecule has 1 heterocycles. The average Bonchev–Trinajstić information content (AvgIpc) is 2.62. The second-order valence-electron chi connectivity index (χ2n) is 4.02. The number of hydrogen-bond acceptors (Lipinski definition) is 2. The van der Waals surface area contributed by atoms with Crippen molar-refractivity contribution in [3.63, 3.8) is 0 Å². The van der Waals surface area contributed by atoms with Crippen molar-refractivity contribution in [3.05, 3.63) is 0 Å². The number of ether oxygens (including phenoxy) is 1. The summed E-state index contributed by atoms with van der Waals surface area (Å²) in [5.74, 6) is 0. The van der Waals surface area contributed by atoms with E-state index < -0.39 is 18.6 Å². The Hall–Kier alpha value is -0.290. The van der Waals surface area contributed by atoms with E-state index in [1.807, 2.05) is 0 Å². The third kappa shape index (κ3) is 5.37. The van der Waals surface area contributed by atoms with Gasteiger partial charge in [-0.15, -0.1) is 0 Å². The summed E-state index contributed by atoms with van der Waals surface area (Å²) in [6.45, 7) is 0.758. The van der Waals surface area contributed by atoms with Crippen molar-refractivity contribution < 1.29 is 17.9 Å². The molecule has 1 aliphatic rings. The van der Waals surface area contributed by atoms with E-state index in [4.69, 9.17) is 4.74 Å². The summed E-state index contributed by atoms with van der Waals surface area (Å²) in [6, 6.07) is -0.478. The highest BCUT2D eigenvalue weighted by atomic mass is 19.4. The Labute approximate surface area is 88.2 Å². The first-order chi connectivity index (χ1) is 7.01. The van der Waals surface area contributed by atoms with E-state index in [1.165, 1.54) is 0 Å². The van der Waals surface area contributed by atoms with Crippen LogP contribution >= 0.6 is 0 Å². The Bertz CT molecular complexity index is 178. The summed E-state index contributed by atoms with van der Waals surface area (Å²) in [4.78, 5) is 0. The highest BCUT2D eigenvalue weighted by Crippen LogP contribution is 2.25. The fraction of sp³-hybridized carbons (Fsp3) is 1.00. The molecule has 15 heavy (non-hydrogen) atoms. The number of halogens is 3. The van der Waals surface area contributed by atoms with Crippen LogP contribution in [0.3, 0.4) is 0 Å². The normalized spacial score (nSPS) is 24.4. The molecule has 1 fully saturated rings. The van der Waals surface area contributed by atoms with Gasteiger partial charge >= 0.3 is 6.18 Å². The maximum atomic E-state index is 12.1. The molecule has 2 nitrogen and oxygen atoms in total. The summed E-state index contributed by atoms with van der Waals surface area (Å²) in [7, 11) is 1.58. The average molecular weight is 225 g/mol. The summed E-state index contributed by atoms with van der Waals surface area (Å²) in [5, 5.41) is 2.71. The van der Waals surface area contributed by atoms with E-state index in [0.29, 0.717) is 6.42 Å². The van der Waals surface area contributed by atoms with Crippen LogP contribution in [0.5, 0.6) is 0 Å². The van der Waals surface area contributed by atoms with Gasteiger partial charge in [0.25, 0.3) is 0 Å². The summed E-state index contributed by atoms with van der Waals surface area (Å²) >= 11 is 0. The maximum absolute atomic E-state index is 12.1. The second kappa shape index (κ2) is 5.70. The van der Waals surface area contributed by atoms with Crippen LogP contribution in [-0.4, -0.2) is 32.0 Å². The molecule has 1 saturated heterocycles. The standard InChI is InChI=1S/C10H18F3NO/c1-14-8(7-10(11,12)13)4-5-9-3-2-6-15-9/h8-9,14H,2-7H2,1H3. The van der Waals surface area contributed by atoms with Crippen molar-refractivity contribution in [1.29, 1.82) is 0 Å². The molecular weight excluding hydrogens is 207 g/mol. The molecule has 2 unspecified atom stereocenters. The first kappa shape index (κ1) is 12.8. The van der Waals surface area contributed by atoms with E-state index in [1.54, 1.807) is 7.05 Å². The number of hydrogen-bond donors (Lipinski definition) is 1. The van der Waals surface area contributed by atoms with E-state index in [-0.39, 0.29) is 6.10 Å². The van der Waals surface area contributed by atoms with Gasteiger partial charge in [-0.25, -0.2) is 0 Å². The zero-order chi connectivity index (χ0) is 11.3. The van der Waals surface area contributed by atoms with Gasteiger partial charge in [0.2, 0.25) is 0 Å². The van der Waals surface area contributed by atoms with Crippen LogP contribution in [0.15, 0.2) is 0 Å². The summed E-state index contributed by atoms with van der Waals surface area (Å²) in [6.07, 6.45) is -1.38. The van der Waals surface area contributed by atoms with Gasteiger partial charge in [0.05, 0.1) is 12.5 Å². The Kier molecular flexibility index (Phi) is 4.86.